The molecule has 1 aromatic carbocycles. The molecule has 0 saturated heterocycles. The number of aromatic nitrogens is 2. The molecule has 0 atom stereocenters. The molecule has 166 valence electrons. The van der Waals surface area contributed by atoms with Crippen LogP contribution in [0.3, 0.4) is 0 Å². The highest BCUT2D eigenvalue weighted by molar-refractivity contribution is 5.79. The number of carbonyl (C=O) groups is 1. The van der Waals surface area contributed by atoms with E-state index in [0.29, 0.717) is 12.2 Å². The zero-order chi connectivity index (χ0) is 22.8. The summed E-state index contributed by atoms with van der Waals surface area (Å²) >= 11 is 0. The van der Waals surface area contributed by atoms with Gasteiger partial charge in [-0.15, -0.1) is 0 Å². The van der Waals surface area contributed by atoms with Gasteiger partial charge in [-0.1, -0.05) is 45.9 Å². The molecule has 0 bridgehead atoms. The predicted molar refractivity (Wildman–Crippen MR) is 128 cm³/mol. The lowest BCUT2D eigenvalue weighted by Crippen LogP contribution is -2.36. The van der Waals surface area contributed by atoms with E-state index in [9.17, 15) is 4.79 Å². The van der Waals surface area contributed by atoms with Crippen LogP contribution < -0.4 is 10.1 Å². The molecule has 2 aromatic heterocycles. The van der Waals surface area contributed by atoms with Crippen molar-refractivity contribution in [3.05, 3.63) is 48.2 Å². The second-order valence-electron chi connectivity index (χ2n) is 10.2. The van der Waals surface area contributed by atoms with Gasteiger partial charge in [-0.05, 0) is 62.8 Å². The molecule has 0 fully saturated rings. The number of aryl methyl sites for hydroxylation is 1. The van der Waals surface area contributed by atoms with Gasteiger partial charge in [0.15, 0.2) is 0 Å². The van der Waals surface area contributed by atoms with Crippen LogP contribution in [-0.4, -0.2) is 20.9 Å². The summed E-state index contributed by atoms with van der Waals surface area (Å²) in [5.74, 6) is 1.28. The van der Waals surface area contributed by atoms with Gasteiger partial charge in [-0.25, -0.2) is 4.98 Å². The topological polar surface area (TPSA) is 55.6 Å². The largest absolute Gasteiger partial charge is 0.427 e. The summed E-state index contributed by atoms with van der Waals surface area (Å²) < 4.78 is 7.64. The molecular formula is C26H35N3O2. The van der Waals surface area contributed by atoms with E-state index in [4.69, 9.17) is 9.72 Å². The van der Waals surface area contributed by atoms with Crippen molar-refractivity contribution in [3.8, 4) is 17.0 Å². The standard InChI is InChI=1S/C26H35N3O2/c1-8-11-21(30)31-20-14-9-13-19(16-20)22-24(28-26(6,7)17-25(3,4)5)29-15-10-12-18(2)23(29)27-22/h9-10,12-16,28H,8,11,17H2,1-7H3. The maximum absolute atomic E-state index is 12.0. The monoisotopic (exact) mass is 421 g/mol. The molecule has 0 aliphatic rings. The van der Waals surface area contributed by atoms with E-state index in [0.717, 1.165) is 41.1 Å². The van der Waals surface area contributed by atoms with Crippen LogP contribution in [0.15, 0.2) is 42.6 Å². The van der Waals surface area contributed by atoms with Gasteiger partial charge >= 0.3 is 5.97 Å². The number of carbonyl (C=O) groups excluding carboxylic acids is 1. The molecule has 1 N–H and O–H groups in total. The number of imidazole rings is 1. The van der Waals surface area contributed by atoms with Crippen molar-refractivity contribution in [3.63, 3.8) is 0 Å². The fourth-order valence-corrected chi connectivity index (χ4v) is 4.31. The summed E-state index contributed by atoms with van der Waals surface area (Å²) in [5, 5.41) is 3.77. The van der Waals surface area contributed by atoms with Gasteiger partial charge < -0.3 is 10.1 Å². The molecule has 0 amide bonds. The highest BCUT2D eigenvalue weighted by Gasteiger charge is 2.28. The van der Waals surface area contributed by atoms with Crippen molar-refractivity contribution in [1.82, 2.24) is 9.38 Å². The van der Waals surface area contributed by atoms with Gasteiger partial charge in [0.2, 0.25) is 0 Å². The van der Waals surface area contributed by atoms with Gasteiger partial charge in [-0.3, -0.25) is 9.20 Å². The Bertz CT molecular complexity index is 1070. The molecule has 0 aliphatic carbocycles. The van der Waals surface area contributed by atoms with Crippen LogP contribution in [0.1, 0.15) is 66.4 Å². The molecule has 2 heterocycles. The number of fused-ring (bicyclic) bond motifs is 1. The van der Waals surface area contributed by atoms with Crippen LogP contribution in [0.5, 0.6) is 5.75 Å². The summed E-state index contributed by atoms with van der Waals surface area (Å²) in [6.45, 7) is 15.2. The second-order valence-corrected chi connectivity index (χ2v) is 10.2. The quantitative estimate of drug-likeness (QED) is 0.343. The van der Waals surface area contributed by atoms with Crippen molar-refractivity contribution < 1.29 is 9.53 Å². The maximum Gasteiger partial charge on any atom is 0.311 e. The number of nitrogens with zero attached hydrogens (tertiary/aromatic N) is 2. The number of ether oxygens (including phenoxy) is 1. The second kappa shape index (κ2) is 8.74. The summed E-state index contributed by atoms with van der Waals surface area (Å²) in [7, 11) is 0. The molecule has 3 rings (SSSR count). The van der Waals surface area contributed by atoms with Crippen molar-refractivity contribution >= 4 is 17.4 Å². The number of hydrogen-bond donors (Lipinski definition) is 1. The third kappa shape index (κ3) is 5.66. The smallest absolute Gasteiger partial charge is 0.311 e. The van der Waals surface area contributed by atoms with Crippen molar-refractivity contribution in [2.24, 2.45) is 5.41 Å². The first kappa shape index (κ1) is 22.9. The lowest BCUT2D eigenvalue weighted by molar-refractivity contribution is -0.134. The normalized spacial score (nSPS) is 12.2. The minimum atomic E-state index is -0.213. The summed E-state index contributed by atoms with van der Waals surface area (Å²) in [5.41, 5.74) is 3.83. The number of pyridine rings is 1. The van der Waals surface area contributed by atoms with Crippen molar-refractivity contribution in [2.75, 3.05) is 5.32 Å². The van der Waals surface area contributed by atoms with Crippen LogP contribution in [0.25, 0.3) is 16.9 Å². The zero-order valence-corrected chi connectivity index (χ0v) is 19.9. The van der Waals surface area contributed by atoms with E-state index >= 15 is 0 Å². The first-order valence-electron chi connectivity index (χ1n) is 11.1. The lowest BCUT2D eigenvalue weighted by Gasteiger charge is -2.34. The van der Waals surface area contributed by atoms with Gasteiger partial charge in [0.25, 0.3) is 0 Å². The molecule has 0 radical (unpaired) electrons. The average molecular weight is 422 g/mol. The predicted octanol–water partition coefficient (Wildman–Crippen LogP) is 6.64. The van der Waals surface area contributed by atoms with Gasteiger partial charge in [0.05, 0.1) is 0 Å². The first-order chi connectivity index (χ1) is 14.5. The lowest BCUT2D eigenvalue weighted by atomic mass is 9.82. The molecule has 31 heavy (non-hydrogen) atoms. The van der Waals surface area contributed by atoms with Crippen LogP contribution in [0, 0.1) is 12.3 Å². The number of rotatable bonds is 7. The maximum atomic E-state index is 12.0. The van der Waals surface area contributed by atoms with Crippen LogP contribution >= 0.6 is 0 Å². The average Bonchev–Trinajstić information content (AvgIpc) is 2.99. The Morgan fingerprint density at radius 3 is 2.55 bits per heavy atom. The van der Waals surface area contributed by atoms with E-state index in [-0.39, 0.29) is 16.9 Å². The fourth-order valence-electron chi connectivity index (χ4n) is 4.31. The highest BCUT2D eigenvalue weighted by Crippen LogP contribution is 2.36. The molecule has 0 unspecified atom stereocenters. The molecule has 0 spiro atoms. The number of benzene rings is 1. The van der Waals surface area contributed by atoms with Crippen LogP contribution in [0.2, 0.25) is 0 Å². The van der Waals surface area contributed by atoms with E-state index in [2.05, 4.69) is 57.3 Å². The Kier molecular flexibility index (Phi) is 6.44. The number of anilines is 1. The minimum absolute atomic E-state index is 0.141. The number of hydrogen-bond acceptors (Lipinski definition) is 4. The molecule has 0 aliphatic heterocycles. The Labute approximate surface area is 185 Å². The van der Waals surface area contributed by atoms with Crippen molar-refractivity contribution in [1.29, 1.82) is 0 Å². The Balaban J connectivity index is 2.08. The Morgan fingerprint density at radius 1 is 1.13 bits per heavy atom. The number of esters is 1. The zero-order valence-electron chi connectivity index (χ0n) is 19.9. The summed E-state index contributed by atoms with van der Waals surface area (Å²) in [6, 6.07) is 11.7. The van der Waals surface area contributed by atoms with Crippen LogP contribution in [-0.2, 0) is 4.79 Å². The Morgan fingerprint density at radius 2 is 1.87 bits per heavy atom. The van der Waals surface area contributed by atoms with Gasteiger partial charge in [0.1, 0.15) is 22.9 Å². The third-order valence-electron chi connectivity index (χ3n) is 5.07. The van der Waals surface area contributed by atoms with E-state index in [1.54, 1.807) is 0 Å². The third-order valence-corrected chi connectivity index (χ3v) is 5.07. The van der Waals surface area contributed by atoms with E-state index in [1.807, 2.05) is 43.5 Å². The first-order valence-corrected chi connectivity index (χ1v) is 11.1. The molecule has 0 saturated carbocycles. The van der Waals surface area contributed by atoms with Crippen molar-refractivity contribution in [2.45, 2.75) is 73.3 Å². The number of nitrogens with one attached hydrogen (secondary N) is 1. The highest BCUT2D eigenvalue weighted by atomic mass is 16.5. The van der Waals surface area contributed by atoms with Crippen LogP contribution in [0.4, 0.5) is 5.82 Å². The fraction of sp³-hybridized carbons (Fsp3) is 0.462. The molecular weight excluding hydrogens is 386 g/mol. The SMILES string of the molecule is CCCC(=O)Oc1cccc(-c2nc3c(C)cccn3c2NC(C)(C)CC(C)(C)C)c1. The summed E-state index contributed by atoms with van der Waals surface area (Å²) in [4.78, 5) is 17.0. The van der Waals surface area contributed by atoms with Gasteiger partial charge in [-0.2, -0.15) is 0 Å². The molecule has 5 nitrogen and oxygen atoms in total. The van der Waals surface area contributed by atoms with Gasteiger partial charge in [0, 0.05) is 23.7 Å². The van der Waals surface area contributed by atoms with E-state index < -0.39 is 0 Å². The summed E-state index contributed by atoms with van der Waals surface area (Å²) in [6.07, 6.45) is 4.21. The van der Waals surface area contributed by atoms with E-state index in [1.165, 1.54) is 0 Å². The molecule has 3 aromatic rings. The Hall–Kier alpha value is -2.82. The minimum Gasteiger partial charge on any atom is -0.427 e. The molecule has 5 heteroatoms.